The Kier molecular flexibility index (Phi) is 4.31. The van der Waals surface area contributed by atoms with Crippen LogP contribution in [0, 0.1) is 0 Å². The maximum Gasteiger partial charge on any atom is 0.337 e. The zero-order valence-corrected chi connectivity index (χ0v) is 16.6. The predicted octanol–water partition coefficient (Wildman–Crippen LogP) is 3.34. The lowest BCUT2D eigenvalue weighted by molar-refractivity contribution is 0.0697. The molecule has 0 spiro atoms. The van der Waals surface area contributed by atoms with E-state index in [-0.39, 0.29) is 28.6 Å². The van der Waals surface area contributed by atoms with E-state index in [0.29, 0.717) is 22.0 Å². The van der Waals surface area contributed by atoms with Gasteiger partial charge in [0.15, 0.2) is 0 Å². The third-order valence-electron chi connectivity index (χ3n) is 5.13. The number of amides is 1. The average Bonchev–Trinajstić information content (AvgIpc) is 2.95. The topological polar surface area (TPSA) is 95.0 Å². The third-order valence-corrected chi connectivity index (χ3v) is 7.08. The lowest BCUT2D eigenvalue weighted by Crippen LogP contribution is -2.32. The van der Waals surface area contributed by atoms with E-state index in [9.17, 15) is 23.1 Å². The molecule has 0 fully saturated rings. The number of carboxylic acid groups (broad SMARTS) is 1. The molecule has 148 valence electrons. The Labute approximate surface area is 167 Å². The molecule has 1 aliphatic heterocycles. The second-order valence-electron chi connectivity index (χ2n) is 6.67. The van der Waals surface area contributed by atoms with Gasteiger partial charge < -0.3 is 10.0 Å². The van der Waals surface area contributed by atoms with Gasteiger partial charge in [-0.15, -0.1) is 0 Å². The maximum absolute atomic E-state index is 13.6. The molecule has 3 aromatic carbocycles. The normalized spacial score (nSPS) is 13.2. The summed E-state index contributed by atoms with van der Waals surface area (Å²) in [5, 5.41) is 10.5. The minimum absolute atomic E-state index is 0.0308. The molecule has 8 heteroatoms. The zero-order valence-electron chi connectivity index (χ0n) is 15.8. The highest BCUT2D eigenvalue weighted by Crippen LogP contribution is 2.40. The van der Waals surface area contributed by atoms with Crippen LogP contribution in [0.5, 0.6) is 0 Å². The fraction of sp³-hybridized carbons (Fsp3) is 0.143. The highest BCUT2D eigenvalue weighted by molar-refractivity contribution is 7.93. The molecule has 0 saturated carbocycles. The van der Waals surface area contributed by atoms with Crippen LogP contribution in [0.25, 0.3) is 10.8 Å². The summed E-state index contributed by atoms with van der Waals surface area (Å²) in [5.41, 5.74) is 1.09. The van der Waals surface area contributed by atoms with Crippen LogP contribution in [-0.4, -0.2) is 39.0 Å². The summed E-state index contributed by atoms with van der Waals surface area (Å²) in [6.45, 7) is 1.70. The molecule has 0 unspecified atom stereocenters. The van der Waals surface area contributed by atoms with Crippen molar-refractivity contribution in [2.75, 3.05) is 22.8 Å². The number of benzene rings is 3. The summed E-state index contributed by atoms with van der Waals surface area (Å²) in [4.78, 5) is 25.6. The van der Waals surface area contributed by atoms with Crippen LogP contribution in [0.4, 0.5) is 11.4 Å². The van der Waals surface area contributed by atoms with Crippen molar-refractivity contribution >= 4 is 44.0 Å². The van der Waals surface area contributed by atoms with Crippen molar-refractivity contribution in [2.24, 2.45) is 0 Å². The summed E-state index contributed by atoms with van der Waals surface area (Å²) < 4.78 is 28.3. The van der Waals surface area contributed by atoms with Crippen molar-refractivity contribution in [3.05, 3.63) is 65.7 Å². The number of aromatic carboxylic acids is 1. The van der Waals surface area contributed by atoms with Crippen LogP contribution < -0.4 is 9.21 Å². The average molecular weight is 410 g/mol. The summed E-state index contributed by atoms with van der Waals surface area (Å²) in [5.74, 6) is -1.40. The lowest BCUT2D eigenvalue weighted by atomic mass is 10.1. The molecule has 7 nitrogen and oxygen atoms in total. The number of carbonyl (C=O) groups is 2. The van der Waals surface area contributed by atoms with Gasteiger partial charge in [-0.05, 0) is 37.3 Å². The van der Waals surface area contributed by atoms with E-state index in [0.717, 1.165) is 4.31 Å². The van der Waals surface area contributed by atoms with Crippen molar-refractivity contribution < 1.29 is 23.1 Å². The van der Waals surface area contributed by atoms with Gasteiger partial charge in [0.2, 0.25) is 0 Å². The molecule has 1 N–H and O–H groups in total. The van der Waals surface area contributed by atoms with Crippen LogP contribution in [-0.2, 0) is 10.0 Å². The van der Waals surface area contributed by atoms with E-state index in [1.54, 1.807) is 50.4 Å². The quantitative estimate of drug-likeness (QED) is 0.696. The highest BCUT2D eigenvalue weighted by atomic mass is 32.2. The van der Waals surface area contributed by atoms with Crippen molar-refractivity contribution in [3.63, 3.8) is 0 Å². The highest BCUT2D eigenvalue weighted by Gasteiger charge is 2.33. The Balaban J connectivity index is 1.97. The minimum atomic E-state index is -4.09. The first-order valence-electron chi connectivity index (χ1n) is 8.98. The Morgan fingerprint density at radius 2 is 1.79 bits per heavy atom. The number of para-hydroxylation sites is 1. The Morgan fingerprint density at radius 3 is 2.48 bits per heavy atom. The van der Waals surface area contributed by atoms with Gasteiger partial charge in [0.05, 0.1) is 21.8 Å². The number of anilines is 2. The van der Waals surface area contributed by atoms with Crippen molar-refractivity contribution in [2.45, 2.75) is 11.8 Å². The molecule has 0 aliphatic carbocycles. The van der Waals surface area contributed by atoms with E-state index >= 15 is 0 Å². The number of carboxylic acids is 1. The standard InChI is InChI=1S/C21H18N2O5S/c1-3-23(16-10-5-4-7-13(16)21(25)26)29(27,28)18-12-11-17-19-14(18)8-6-9-15(19)20(24)22(17)2/h4-12H,3H2,1-2H3,(H,25,26). The predicted molar refractivity (Wildman–Crippen MR) is 110 cm³/mol. The van der Waals surface area contributed by atoms with Crippen LogP contribution >= 0.6 is 0 Å². The molecule has 0 bridgehead atoms. The Bertz CT molecular complexity index is 1280. The smallest absolute Gasteiger partial charge is 0.337 e. The van der Waals surface area contributed by atoms with Crippen molar-refractivity contribution in [3.8, 4) is 0 Å². The van der Waals surface area contributed by atoms with Crippen LogP contribution in [0.2, 0.25) is 0 Å². The van der Waals surface area contributed by atoms with E-state index in [2.05, 4.69) is 0 Å². The summed E-state index contributed by atoms with van der Waals surface area (Å²) in [7, 11) is -2.44. The third kappa shape index (κ3) is 2.67. The van der Waals surface area contributed by atoms with Gasteiger partial charge in [-0.3, -0.25) is 9.10 Å². The summed E-state index contributed by atoms with van der Waals surface area (Å²) in [6, 6.07) is 14.1. The minimum Gasteiger partial charge on any atom is -0.478 e. The maximum atomic E-state index is 13.6. The Hall–Kier alpha value is -3.39. The fourth-order valence-corrected chi connectivity index (χ4v) is 5.48. The number of nitrogens with zero attached hydrogens (tertiary/aromatic N) is 2. The molecule has 29 heavy (non-hydrogen) atoms. The molecular formula is C21H18N2O5S. The van der Waals surface area contributed by atoms with Crippen molar-refractivity contribution in [1.82, 2.24) is 0 Å². The van der Waals surface area contributed by atoms with E-state index in [1.165, 1.54) is 23.1 Å². The largest absolute Gasteiger partial charge is 0.478 e. The van der Waals surface area contributed by atoms with E-state index in [4.69, 9.17) is 0 Å². The Morgan fingerprint density at radius 1 is 1.07 bits per heavy atom. The van der Waals surface area contributed by atoms with E-state index < -0.39 is 16.0 Å². The number of rotatable bonds is 5. The first-order chi connectivity index (χ1) is 13.8. The summed E-state index contributed by atoms with van der Waals surface area (Å²) >= 11 is 0. The second-order valence-corrected chi connectivity index (χ2v) is 8.50. The molecule has 4 rings (SSSR count). The van der Waals surface area contributed by atoms with Crippen molar-refractivity contribution in [1.29, 1.82) is 0 Å². The van der Waals surface area contributed by atoms with Crippen LogP contribution in [0.15, 0.2) is 59.5 Å². The molecule has 0 aromatic heterocycles. The molecule has 0 saturated heterocycles. The molecule has 1 heterocycles. The summed E-state index contributed by atoms with van der Waals surface area (Å²) in [6.07, 6.45) is 0. The van der Waals surface area contributed by atoms with Crippen LogP contribution in [0.3, 0.4) is 0 Å². The number of carbonyl (C=O) groups excluding carboxylic acids is 1. The van der Waals surface area contributed by atoms with Gasteiger partial charge in [-0.1, -0.05) is 24.3 Å². The van der Waals surface area contributed by atoms with Gasteiger partial charge in [0, 0.05) is 29.9 Å². The fourth-order valence-electron chi connectivity index (χ4n) is 3.79. The van der Waals surface area contributed by atoms with E-state index in [1.807, 2.05) is 0 Å². The molecule has 3 aromatic rings. The molecule has 1 aliphatic rings. The van der Waals surface area contributed by atoms with Crippen LogP contribution in [0.1, 0.15) is 27.6 Å². The zero-order chi connectivity index (χ0) is 20.9. The molecule has 0 radical (unpaired) electrons. The second kappa shape index (κ2) is 6.59. The molecule has 0 atom stereocenters. The number of hydrogen-bond acceptors (Lipinski definition) is 4. The molecular weight excluding hydrogens is 392 g/mol. The van der Waals surface area contributed by atoms with Gasteiger partial charge in [0.25, 0.3) is 15.9 Å². The van der Waals surface area contributed by atoms with Gasteiger partial charge in [0.1, 0.15) is 0 Å². The first-order valence-corrected chi connectivity index (χ1v) is 10.4. The monoisotopic (exact) mass is 410 g/mol. The first kappa shape index (κ1) is 18.9. The SMILES string of the molecule is CCN(c1ccccc1C(=O)O)S(=O)(=O)c1ccc2c3c(cccc13)C(=O)N2C. The number of sulfonamides is 1. The van der Waals surface area contributed by atoms with Gasteiger partial charge in [-0.2, -0.15) is 0 Å². The number of hydrogen-bond donors (Lipinski definition) is 1. The van der Waals surface area contributed by atoms with Gasteiger partial charge >= 0.3 is 5.97 Å². The molecule has 1 amide bonds. The van der Waals surface area contributed by atoms with Gasteiger partial charge in [-0.25, -0.2) is 13.2 Å². The lowest BCUT2D eigenvalue weighted by Gasteiger charge is -2.25.